The first-order valence-electron chi connectivity index (χ1n) is 7.39. The number of piperidine rings is 1. The normalized spacial score (nSPS) is 36.7. The number of rotatable bonds is 5. The maximum Gasteiger partial charge on any atom is 0.413 e. The second kappa shape index (κ2) is 5.46. The van der Waals surface area contributed by atoms with Crippen molar-refractivity contribution in [3.05, 3.63) is 0 Å². The lowest BCUT2D eigenvalue weighted by molar-refractivity contribution is -0.149. The minimum Gasteiger partial charge on any atom is -0.303 e. The molecular weight excluding hydrogens is 328 g/mol. The van der Waals surface area contributed by atoms with Gasteiger partial charge in [0.1, 0.15) is 6.29 Å². The van der Waals surface area contributed by atoms with Crippen molar-refractivity contribution in [2.24, 2.45) is 17.2 Å². The van der Waals surface area contributed by atoms with Crippen molar-refractivity contribution in [1.29, 1.82) is 0 Å². The van der Waals surface area contributed by atoms with E-state index >= 15 is 0 Å². The molecule has 2 heterocycles. The molecule has 0 aromatic carbocycles. The number of hydrazine groups is 1. The number of fused-ring (bicyclic) bond motifs is 3. The second-order valence-corrected chi connectivity index (χ2v) is 7.58. The first kappa shape index (κ1) is 16.7. The smallest absolute Gasteiger partial charge is 0.303 e. The number of aldehydes is 1. The minimum absolute atomic E-state index is 0.254. The molecule has 1 spiro atoms. The van der Waals surface area contributed by atoms with E-state index in [1.807, 2.05) is 0 Å². The van der Waals surface area contributed by atoms with Crippen LogP contribution in [0.5, 0.6) is 0 Å². The molecule has 10 nitrogen and oxygen atoms in total. The molecule has 1 aliphatic carbocycles. The van der Waals surface area contributed by atoms with Gasteiger partial charge < -0.3 is 4.79 Å². The van der Waals surface area contributed by atoms with Gasteiger partial charge in [-0.3, -0.25) is 19.7 Å². The molecule has 1 saturated carbocycles. The SMILES string of the molecule is CC(C=O)C1N2C[C@H](N1OS(=O)(=O)O)C1(CC1)C[C@H]2C(=O)NN. The number of carbonyl (C=O) groups is 2. The average molecular weight is 348 g/mol. The van der Waals surface area contributed by atoms with Gasteiger partial charge >= 0.3 is 10.4 Å². The van der Waals surface area contributed by atoms with Gasteiger partial charge in [-0.05, 0) is 24.7 Å². The zero-order valence-corrected chi connectivity index (χ0v) is 13.4. The van der Waals surface area contributed by atoms with Gasteiger partial charge in [-0.1, -0.05) is 6.92 Å². The Kier molecular flexibility index (Phi) is 3.98. The molecule has 4 N–H and O–H groups in total. The third kappa shape index (κ3) is 2.77. The molecule has 3 unspecified atom stereocenters. The molecule has 23 heavy (non-hydrogen) atoms. The first-order valence-corrected chi connectivity index (χ1v) is 8.76. The van der Waals surface area contributed by atoms with E-state index in [2.05, 4.69) is 5.43 Å². The van der Waals surface area contributed by atoms with Crippen LogP contribution in [0.1, 0.15) is 26.2 Å². The Morgan fingerprint density at radius 2 is 2.17 bits per heavy atom. The highest BCUT2D eigenvalue weighted by molar-refractivity contribution is 7.80. The summed E-state index contributed by atoms with van der Waals surface area (Å²) in [6.45, 7) is 1.98. The predicted molar refractivity (Wildman–Crippen MR) is 76.4 cm³/mol. The molecule has 0 aromatic heterocycles. The van der Waals surface area contributed by atoms with Crippen molar-refractivity contribution >= 4 is 22.6 Å². The Morgan fingerprint density at radius 3 is 2.65 bits per heavy atom. The Labute approximate surface area is 133 Å². The summed E-state index contributed by atoms with van der Waals surface area (Å²) in [5.74, 6) is 4.25. The lowest BCUT2D eigenvalue weighted by Crippen LogP contribution is -2.56. The van der Waals surface area contributed by atoms with Crippen molar-refractivity contribution in [3.63, 3.8) is 0 Å². The molecule has 2 aliphatic heterocycles. The van der Waals surface area contributed by atoms with Crippen LogP contribution in [0.3, 0.4) is 0 Å². The number of hydroxylamine groups is 2. The number of nitrogens with one attached hydrogen (secondary N) is 1. The van der Waals surface area contributed by atoms with Crippen LogP contribution in [0.2, 0.25) is 0 Å². The van der Waals surface area contributed by atoms with Crippen LogP contribution >= 0.6 is 0 Å². The van der Waals surface area contributed by atoms with Crippen molar-refractivity contribution in [2.45, 2.75) is 44.4 Å². The number of carbonyl (C=O) groups excluding carboxylic acids is 2. The van der Waals surface area contributed by atoms with Crippen LogP contribution in [-0.2, 0) is 24.3 Å². The maximum absolute atomic E-state index is 12.1. The highest BCUT2D eigenvalue weighted by atomic mass is 32.3. The van der Waals surface area contributed by atoms with Gasteiger partial charge in [-0.2, -0.15) is 12.7 Å². The highest BCUT2D eigenvalue weighted by Gasteiger charge is 2.65. The fourth-order valence-electron chi connectivity index (χ4n) is 3.98. The standard InChI is InChI=1S/C12H20N4O6S/c1-7(6-17)11-15-5-9(16(11)22-23(19,20)21)12(2-3-12)4-8(15)10(18)14-13/h6-9,11H,2-5,13H2,1H3,(H,14,18)(H,19,20,21)/t7?,8-,9-,11?/m0/s1. The van der Waals surface area contributed by atoms with Gasteiger partial charge in [0.2, 0.25) is 0 Å². The molecular formula is C12H20N4O6S. The average Bonchev–Trinajstić information content (AvgIpc) is 3.18. The third-order valence-corrected chi connectivity index (χ3v) is 5.56. The molecule has 2 bridgehead atoms. The molecule has 3 rings (SSSR count). The Bertz CT molecular complexity index is 621. The van der Waals surface area contributed by atoms with E-state index in [1.54, 1.807) is 11.8 Å². The van der Waals surface area contributed by atoms with Crippen molar-refractivity contribution in [1.82, 2.24) is 15.4 Å². The van der Waals surface area contributed by atoms with Crippen LogP contribution in [0.25, 0.3) is 0 Å². The number of hydrogen-bond donors (Lipinski definition) is 3. The number of nitrogens with zero attached hydrogens (tertiary/aromatic N) is 2. The molecule has 0 radical (unpaired) electrons. The van der Waals surface area contributed by atoms with E-state index in [4.69, 9.17) is 14.7 Å². The molecule has 5 atom stereocenters. The Morgan fingerprint density at radius 1 is 1.52 bits per heavy atom. The summed E-state index contributed by atoms with van der Waals surface area (Å²) in [7, 11) is -4.73. The predicted octanol–water partition coefficient (Wildman–Crippen LogP) is -1.59. The molecule has 130 valence electrons. The monoisotopic (exact) mass is 348 g/mol. The molecule has 3 aliphatic rings. The third-order valence-electron chi connectivity index (χ3n) is 5.20. The molecule has 11 heteroatoms. The van der Waals surface area contributed by atoms with Crippen molar-refractivity contribution in [2.75, 3.05) is 6.54 Å². The van der Waals surface area contributed by atoms with E-state index in [9.17, 15) is 18.0 Å². The van der Waals surface area contributed by atoms with Gasteiger partial charge in [0.25, 0.3) is 5.91 Å². The summed E-state index contributed by atoms with van der Waals surface area (Å²) in [4.78, 5) is 25.1. The van der Waals surface area contributed by atoms with Crippen LogP contribution in [0.15, 0.2) is 0 Å². The van der Waals surface area contributed by atoms with Crippen LogP contribution in [0.4, 0.5) is 0 Å². The first-order chi connectivity index (χ1) is 10.7. The molecule has 3 fully saturated rings. The lowest BCUT2D eigenvalue weighted by Gasteiger charge is -2.37. The summed E-state index contributed by atoms with van der Waals surface area (Å²) in [6.07, 6.45) is 2.07. The number of amides is 1. The largest absolute Gasteiger partial charge is 0.413 e. The van der Waals surface area contributed by atoms with Crippen molar-refractivity contribution in [3.8, 4) is 0 Å². The lowest BCUT2D eigenvalue weighted by atomic mass is 9.85. The van der Waals surface area contributed by atoms with E-state index in [1.165, 1.54) is 5.06 Å². The fraction of sp³-hybridized carbons (Fsp3) is 0.833. The van der Waals surface area contributed by atoms with E-state index < -0.39 is 28.5 Å². The van der Waals surface area contributed by atoms with Gasteiger partial charge in [0.05, 0.1) is 18.2 Å². The molecule has 1 amide bonds. The number of nitrogens with two attached hydrogens (primary N) is 1. The zero-order chi connectivity index (χ0) is 17.0. The Hall–Kier alpha value is -1.11. The molecule has 2 saturated heterocycles. The van der Waals surface area contributed by atoms with Gasteiger partial charge in [0, 0.05) is 12.5 Å². The van der Waals surface area contributed by atoms with Gasteiger partial charge in [-0.15, -0.1) is 5.06 Å². The van der Waals surface area contributed by atoms with Crippen LogP contribution in [0, 0.1) is 11.3 Å². The highest BCUT2D eigenvalue weighted by Crippen LogP contribution is 2.60. The zero-order valence-electron chi connectivity index (χ0n) is 12.6. The minimum atomic E-state index is -4.73. The van der Waals surface area contributed by atoms with Crippen LogP contribution in [-0.4, -0.2) is 59.9 Å². The molecule has 0 aromatic rings. The summed E-state index contributed by atoms with van der Waals surface area (Å²) < 4.78 is 36.3. The number of hydrogen-bond acceptors (Lipinski definition) is 8. The maximum atomic E-state index is 12.1. The summed E-state index contributed by atoms with van der Waals surface area (Å²) in [5.41, 5.74) is 1.87. The summed E-state index contributed by atoms with van der Waals surface area (Å²) in [5, 5.41) is 1.17. The van der Waals surface area contributed by atoms with Crippen LogP contribution < -0.4 is 11.3 Å². The van der Waals surface area contributed by atoms with Gasteiger partial charge in [-0.25, -0.2) is 5.84 Å². The quantitative estimate of drug-likeness (QED) is 0.176. The second-order valence-electron chi connectivity index (χ2n) is 6.57. The Balaban J connectivity index is 2.00. The summed E-state index contributed by atoms with van der Waals surface area (Å²) in [6, 6.07) is -0.875. The fourth-order valence-corrected chi connectivity index (χ4v) is 4.39. The van der Waals surface area contributed by atoms with E-state index in [0.29, 0.717) is 19.3 Å². The topological polar surface area (TPSA) is 142 Å². The van der Waals surface area contributed by atoms with Crippen molar-refractivity contribution < 1.29 is 26.8 Å². The van der Waals surface area contributed by atoms with E-state index in [0.717, 1.165) is 12.8 Å². The van der Waals surface area contributed by atoms with Gasteiger partial charge in [0.15, 0.2) is 0 Å². The van der Waals surface area contributed by atoms with E-state index in [-0.39, 0.29) is 17.4 Å². The summed E-state index contributed by atoms with van der Waals surface area (Å²) >= 11 is 0.